The zero-order valence-corrected chi connectivity index (χ0v) is 19.4. The topological polar surface area (TPSA) is 83.8 Å². The van der Waals surface area contributed by atoms with E-state index in [9.17, 15) is 0 Å². The molecule has 4 rings (SSSR count). The Morgan fingerprint density at radius 3 is 1.52 bits per heavy atom. The lowest BCUT2D eigenvalue weighted by molar-refractivity contribution is 0.503. The molecule has 33 heavy (non-hydrogen) atoms. The van der Waals surface area contributed by atoms with Gasteiger partial charge in [-0.2, -0.15) is 10.2 Å². The lowest BCUT2D eigenvalue weighted by Crippen LogP contribution is -2.27. The Hall–Kier alpha value is -3.76. The van der Waals surface area contributed by atoms with Gasteiger partial charge in [0.05, 0.1) is 36.2 Å². The molecule has 0 saturated heterocycles. The zero-order chi connectivity index (χ0) is 22.9. The van der Waals surface area contributed by atoms with Crippen LogP contribution in [-0.2, 0) is 19.8 Å². The first-order chi connectivity index (χ1) is 16.1. The van der Waals surface area contributed by atoms with Gasteiger partial charge in [0.25, 0.3) is 0 Å². The minimum Gasteiger partial charge on any atom is -0.358 e. The van der Waals surface area contributed by atoms with Crippen LogP contribution < -0.4 is 21.3 Å². The minimum absolute atomic E-state index is 0.456. The highest BCUT2D eigenvalue weighted by Gasteiger charge is 2.05. The molecule has 8 nitrogen and oxygen atoms in total. The summed E-state index contributed by atoms with van der Waals surface area (Å²) in [5.41, 5.74) is 3.93. The molecule has 0 bridgehead atoms. The summed E-state index contributed by atoms with van der Waals surface area (Å²) < 4.78 is 3.54. The zero-order valence-electron chi connectivity index (χ0n) is 17.8. The Labute approximate surface area is 203 Å². The number of hydrogen-bond donors (Lipinski definition) is 4. The highest BCUT2D eigenvalue weighted by Crippen LogP contribution is 2.08. The van der Waals surface area contributed by atoms with Crippen molar-refractivity contribution in [3.8, 4) is 0 Å². The first-order valence-corrected chi connectivity index (χ1v) is 11.2. The number of thiocarbonyl (C=S) groups is 2. The number of hydrogen-bond acceptors (Lipinski definition) is 4. The average Bonchev–Trinajstić information content (AvgIpc) is 3.47. The summed E-state index contributed by atoms with van der Waals surface area (Å²) in [6.07, 6.45) is 7.19. The summed E-state index contributed by atoms with van der Waals surface area (Å²) >= 11 is 10.7. The van der Waals surface area contributed by atoms with E-state index in [4.69, 9.17) is 24.4 Å². The molecular formula is C23H24N8S2. The molecule has 0 aliphatic heterocycles. The number of rotatable bonds is 8. The van der Waals surface area contributed by atoms with Crippen LogP contribution in [0.1, 0.15) is 11.1 Å². The lowest BCUT2D eigenvalue weighted by atomic mass is 10.2. The van der Waals surface area contributed by atoms with Gasteiger partial charge >= 0.3 is 0 Å². The van der Waals surface area contributed by atoms with Crippen molar-refractivity contribution in [1.29, 1.82) is 0 Å². The van der Waals surface area contributed by atoms with E-state index in [1.807, 2.05) is 73.1 Å². The van der Waals surface area contributed by atoms with E-state index in [0.29, 0.717) is 30.0 Å². The number of nitrogens with zero attached hydrogens (tertiary/aromatic N) is 4. The predicted octanol–water partition coefficient (Wildman–Crippen LogP) is 3.56. The molecule has 2 aromatic carbocycles. The third-order valence-electron chi connectivity index (χ3n) is 4.66. The molecule has 2 heterocycles. The molecule has 0 aliphatic carbocycles. The van der Waals surface area contributed by atoms with Crippen LogP contribution in [0.25, 0.3) is 0 Å². The van der Waals surface area contributed by atoms with Crippen molar-refractivity contribution in [1.82, 2.24) is 30.2 Å². The number of anilines is 2. The van der Waals surface area contributed by atoms with Crippen LogP contribution in [0.4, 0.5) is 11.4 Å². The van der Waals surface area contributed by atoms with Crippen LogP contribution in [-0.4, -0.2) is 29.8 Å². The van der Waals surface area contributed by atoms with E-state index in [2.05, 4.69) is 31.5 Å². The quantitative estimate of drug-likeness (QED) is 0.288. The molecular weight excluding hydrogens is 452 g/mol. The van der Waals surface area contributed by atoms with Crippen LogP contribution in [0.15, 0.2) is 85.5 Å². The van der Waals surface area contributed by atoms with Crippen molar-refractivity contribution in [3.63, 3.8) is 0 Å². The number of aromatic nitrogens is 4. The summed E-state index contributed by atoms with van der Waals surface area (Å²) in [5, 5.41) is 22.5. The van der Waals surface area contributed by atoms with Crippen LogP contribution in [0, 0.1) is 0 Å². The van der Waals surface area contributed by atoms with Gasteiger partial charge in [-0.05, 0) is 35.6 Å². The fraction of sp³-hybridized carbons (Fsp3) is 0.130. The second-order valence-corrected chi connectivity index (χ2v) is 8.08. The highest BCUT2D eigenvalue weighted by molar-refractivity contribution is 7.80. The molecule has 0 fully saturated rings. The Morgan fingerprint density at radius 2 is 1.09 bits per heavy atom. The first kappa shape index (κ1) is 22.4. The Bertz CT molecular complexity index is 1090. The third kappa shape index (κ3) is 7.13. The Morgan fingerprint density at radius 1 is 0.667 bits per heavy atom. The van der Waals surface area contributed by atoms with Crippen LogP contribution in [0.3, 0.4) is 0 Å². The van der Waals surface area contributed by atoms with Crippen LogP contribution in [0.2, 0.25) is 0 Å². The fourth-order valence-corrected chi connectivity index (χ4v) is 3.45. The normalized spacial score (nSPS) is 10.4. The maximum Gasteiger partial charge on any atom is 0.171 e. The second kappa shape index (κ2) is 11.2. The van der Waals surface area contributed by atoms with Gasteiger partial charge in [0, 0.05) is 13.1 Å². The predicted molar refractivity (Wildman–Crippen MR) is 139 cm³/mol. The van der Waals surface area contributed by atoms with E-state index >= 15 is 0 Å². The van der Waals surface area contributed by atoms with Crippen LogP contribution in [0.5, 0.6) is 0 Å². The smallest absolute Gasteiger partial charge is 0.171 e. The molecule has 0 amide bonds. The van der Waals surface area contributed by atoms with E-state index in [1.54, 1.807) is 21.8 Å². The third-order valence-corrected chi connectivity index (χ3v) is 5.16. The molecule has 4 N–H and O–H groups in total. The van der Waals surface area contributed by atoms with Gasteiger partial charge in [0.2, 0.25) is 0 Å². The monoisotopic (exact) mass is 476 g/mol. The SMILES string of the molecule is S=C(NCc1ccccc1)Nc1cnn(Cn2cc(NC(=S)NCc3ccccc3)cn2)c1. The summed E-state index contributed by atoms with van der Waals surface area (Å²) in [6, 6.07) is 20.2. The van der Waals surface area contributed by atoms with Crippen molar-refractivity contribution >= 4 is 46.0 Å². The first-order valence-electron chi connectivity index (χ1n) is 10.4. The molecule has 2 aromatic heterocycles. The van der Waals surface area contributed by atoms with Gasteiger partial charge in [0.1, 0.15) is 6.67 Å². The molecule has 0 unspecified atom stereocenters. The van der Waals surface area contributed by atoms with Crippen LogP contribution >= 0.6 is 24.4 Å². The average molecular weight is 477 g/mol. The van der Waals surface area contributed by atoms with E-state index in [1.165, 1.54) is 0 Å². The number of nitrogens with one attached hydrogen (secondary N) is 4. The molecule has 0 saturated carbocycles. The molecule has 0 aliphatic rings. The summed E-state index contributed by atoms with van der Waals surface area (Å²) in [5.74, 6) is 0. The molecule has 0 spiro atoms. The maximum atomic E-state index is 5.37. The molecule has 0 radical (unpaired) electrons. The fourth-order valence-electron chi connectivity index (χ4n) is 3.07. The van der Waals surface area contributed by atoms with Crippen molar-refractivity contribution in [3.05, 3.63) is 96.6 Å². The maximum absolute atomic E-state index is 5.37. The van der Waals surface area contributed by atoms with Crippen molar-refractivity contribution in [2.45, 2.75) is 19.8 Å². The van der Waals surface area contributed by atoms with Crippen molar-refractivity contribution in [2.75, 3.05) is 10.6 Å². The Kier molecular flexibility index (Phi) is 7.62. The van der Waals surface area contributed by atoms with Gasteiger partial charge in [-0.25, -0.2) is 9.36 Å². The number of benzene rings is 2. The van der Waals surface area contributed by atoms with E-state index in [-0.39, 0.29) is 0 Å². The van der Waals surface area contributed by atoms with Gasteiger partial charge < -0.3 is 21.3 Å². The molecule has 0 atom stereocenters. The summed E-state index contributed by atoms with van der Waals surface area (Å²) in [6.45, 7) is 1.77. The van der Waals surface area contributed by atoms with Gasteiger partial charge in [0.15, 0.2) is 10.2 Å². The largest absolute Gasteiger partial charge is 0.358 e. The van der Waals surface area contributed by atoms with Gasteiger partial charge in [-0.1, -0.05) is 60.7 Å². The lowest BCUT2D eigenvalue weighted by Gasteiger charge is -2.09. The Balaban J connectivity index is 1.22. The van der Waals surface area contributed by atoms with Gasteiger partial charge in [-0.3, -0.25) is 0 Å². The minimum atomic E-state index is 0.456. The molecule has 4 aromatic rings. The molecule has 168 valence electrons. The van der Waals surface area contributed by atoms with Crippen molar-refractivity contribution < 1.29 is 0 Å². The highest BCUT2D eigenvalue weighted by atomic mass is 32.1. The van der Waals surface area contributed by atoms with E-state index in [0.717, 1.165) is 22.5 Å². The second-order valence-electron chi connectivity index (χ2n) is 7.26. The molecule has 10 heteroatoms. The summed E-state index contributed by atoms with van der Waals surface area (Å²) in [7, 11) is 0. The van der Waals surface area contributed by atoms with Crippen molar-refractivity contribution in [2.24, 2.45) is 0 Å². The standard InChI is InChI=1S/C23H24N8S2/c32-22(24-11-18-7-3-1-4-8-18)28-20-13-26-30(15-20)17-31-16-21(14-27-31)29-23(33)25-12-19-9-5-2-6-10-19/h1-10,13-16H,11-12,17H2,(H2,24,28,32)(H2,25,29,33). The summed E-state index contributed by atoms with van der Waals surface area (Å²) in [4.78, 5) is 0. The van der Waals surface area contributed by atoms with Gasteiger partial charge in [-0.15, -0.1) is 0 Å². The van der Waals surface area contributed by atoms with E-state index < -0.39 is 0 Å².